The second-order valence-corrected chi connectivity index (χ2v) is 9.77. The molecule has 2 aromatic rings. The van der Waals surface area contributed by atoms with Crippen LogP contribution in [0.25, 0.3) is 11.0 Å². The molecule has 142 valence electrons. The summed E-state index contributed by atoms with van der Waals surface area (Å²) in [6.07, 6.45) is 0. The van der Waals surface area contributed by atoms with Crippen LogP contribution in [0.15, 0.2) is 33.6 Å². The third-order valence-electron chi connectivity index (χ3n) is 4.31. The summed E-state index contributed by atoms with van der Waals surface area (Å²) in [5, 5.41) is 5.55. The first-order chi connectivity index (χ1) is 12.1. The average molecular weight is 401 g/mol. The second-order valence-electron chi connectivity index (χ2n) is 5.95. The number of hydrogen-bond donors (Lipinski definition) is 1. The van der Waals surface area contributed by atoms with Crippen molar-refractivity contribution in [3.63, 3.8) is 0 Å². The highest BCUT2D eigenvalue weighted by Crippen LogP contribution is 2.24. The normalized spacial score (nSPS) is 16.9. The van der Waals surface area contributed by atoms with E-state index in [-0.39, 0.29) is 48.5 Å². The number of nitrogens with zero attached hydrogens (tertiary/aromatic N) is 2. The molecule has 9 nitrogen and oxygen atoms in total. The van der Waals surface area contributed by atoms with E-state index in [4.69, 9.17) is 9.56 Å². The highest BCUT2D eigenvalue weighted by atomic mass is 32.2. The molecule has 1 amide bonds. The highest BCUT2D eigenvalue weighted by Gasteiger charge is 2.29. The van der Waals surface area contributed by atoms with Crippen LogP contribution in [0.1, 0.15) is 17.5 Å². The van der Waals surface area contributed by atoms with E-state index in [1.54, 1.807) is 6.92 Å². The first-order valence-corrected chi connectivity index (χ1v) is 11.1. The number of carbonyl (C=O) groups is 1. The van der Waals surface area contributed by atoms with Gasteiger partial charge in [-0.15, -0.1) is 0 Å². The van der Waals surface area contributed by atoms with Gasteiger partial charge in [-0.1, -0.05) is 0 Å². The van der Waals surface area contributed by atoms with Crippen LogP contribution < -0.4 is 5.14 Å². The zero-order valence-corrected chi connectivity index (χ0v) is 15.7. The summed E-state index contributed by atoms with van der Waals surface area (Å²) in [5.74, 6) is -0.276. The topological polar surface area (TPSA) is 131 Å². The molecule has 0 radical (unpaired) electrons. The maximum atomic E-state index is 12.6. The van der Waals surface area contributed by atoms with Crippen molar-refractivity contribution in [2.24, 2.45) is 5.14 Å². The predicted octanol–water partition coefficient (Wildman–Crippen LogP) is 0.188. The standard InChI is InChI=1S/C15H19N3O6S2/c1-2-25(20,21)18-7-5-17(6-8-18)15(19)14-10-11-9-12(26(16,22)23)3-4-13(11)24-14/h3-4,9-10H,2,5-8H2,1H3,(H2,16,22,23). The fourth-order valence-electron chi connectivity index (χ4n) is 2.81. The van der Waals surface area contributed by atoms with Crippen LogP contribution in [0.3, 0.4) is 0 Å². The van der Waals surface area contributed by atoms with Crippen molar-refractivity contribution in [2.45, 2.75) is 11.8 Å². The first-order valence-electron chi connectivity index (χ1n) is 7.95. The van der Waals surface area contributed by atoms with Gasteiger partial charge >= 0.3 is 0 Å². The van der Waals surface area contributed by atoms with E-state index < -0.39 is 20.0 Å². The number of piperazine rings is 1. The number of furan rings is 1. The minimum atomic E-state index is -3.85. The van der Waals surface area contributed by atoms with Gasteiger partial charge in [-0.05, 0) is 31.2 Å². The minimum absolute atomic E-state index is 0.0247. The van der Waals surface area contributed by atoms with Gasteiger partial charge < -0.3 is 9.32 Å². The van der Waals surface area contributed by atoms with Crippen LogP contribution in [0, 0.1) is 0 Å². The zero-order valence-electron chi connectivity index (χ0n) is 14.1. The van der Waals surface area contributed by atoms with Gasteiger partial charge in [0.05, 0.1) is 10.6 Å². The second kappa shape index (κ2) is 6.65. The van der Waals surface area contributed by atoms with Crippen molar-refractivity contribution < 1.29 is 26.0 Å². The van der Waals surface area contributed by atoms with Crippen molar-refractivity contribution in [3.05, 3.63) is 30.0 Å². The average Bonchev–Trinajstić information content (AvgIpc) is 3.03. The summed E-state index contributed by atoms with van der Waals surface area (Å²) in [6, 6.07) is 5.56. The maximum Gasteiger partial charge on any atom is 0.289 e. The molecule has 1 aromatic carbocycles. The van der Waals surface area contributed by atoms with Gasteiger partial charge in [-0.25, -0.2) is 22.0 Å². The first kappa shape index (κ1) is 18.8. The van der Waals surface area contributed by atoms with Gasteiger partial charge in [0.2, 0.25) is 20.0 Å². The summed E-state index contributed by atoms with van der Waals surface area (Å²) in [6.45, 7) is 2.57. The molecule has 3 rings (SSSR count). The molecule has 26 heavy (non-hydrogen) atoms. The number of benzene rings is 1. The Balaban J connectivity index is 1.79. The number of sulfonamides is 2. The van der Waals surface area contributed by atoms with Gasteiger partial charge in [0.1, 0.15) is 5.58 Å². The van der Waals surface area contributed by atoms with E-state index in [1.807, 2.05) is 0 Å². The van der Waals surface area contributed by atoms with Gasteiger partial charge in [0.25, 0.3) is 5.91 Å². The Hall–Kier alpha value is -1.95. The number of rotatable bonds is 4. The van der Waals surface area contributed by atoms with Crippen LogP contribution in [0.5, 0.6) is 0 Å². The fraction of sp³-hybridized carbons (Fsp3) is 0.400. The third-order valence-corrected chi connectivity index (χ3v) is 7.10. The van der Waals surface area contributed by atoms with Gasteiger partial charge in [0.15, 0.2) is 5.76 Å². The number of nitrogens with two attached hydrogens (primary N) is 1. The molecule has 11 heteroatoms. The Kier molecular flexibility index (Phi) is 4.82. The van der Waals surface area contributed by atoms with Crippen molar-refractivity contribution >= 4 is 36.9 Å². The van der Waals surface area contributed by atoms with Crippen molar-refractivity contribution in [1.82, 2.24) is 9.21 Å². The summed E-state index contributed by atoms with van der Waals surface area (Å²) >= 11 is 0. The lowest BCUT2D eigenvalue weighted by Gasteiger charge is -2.33. The minimum Gasteiger partial charge on any atom is -0.451 e. The molecule has 1 aliphatic rings. The van der Waals surface area contributed by atoms with E-state index in [0.29, 0.717) is 11.0 Å². The Labute approximate surface area is 151 Å². The van der Waals surface area contributed by atoms with Crippen LogP contribution in [-0.4, -0.2) is 63.9 Å². The number of primary sulfonamides is 1. The highest BCUT2D eigenvalue weighted by molar-refractivity contribution is 7.89. The van der Waals surface area contributed by atoms with Crippen molar-refractivity contribution in [3.8, 4) is 0 Å². The van der Waals surface area contributed by atoms with E-state index in [0.717, 1.165) is 0 Å². The number of fused-ring (bicyclic) bond motifs is 1. The molecule has 0 bridgehead atoms. The largest absolute Gasteiger partial charge is 0.451 e. The van der Waals surface area contributed by atoms with Gasteiger partial charge in [-0.3, -0.25) is 4.79 Å². The SMILES string of the molecule is CCS(=O)(=O)N1CCN(C(=O)c2cc3cc(S(N)(=O)=O)ccc3o2)CC1. The third kappa shape index (κ3) is 3.61. The lowest BCUT2D eigenvalue weighted by molar-refractivity contribution is 0.0668. The molecule has 0 unspecified atom stereocenters. The lowest BCUT2D eigenvalue weighted by atomic mass is 10.2. The summed E-state index contributed by atoms with van der Waals surface area (Å²) < 4.78 is 53.5. The van der Waals surface area contributed by atoms with E-state index in [9.17, 15) is 21.6 Å². The van der Waals surface area contributed by atoms with Gasteiger partial charge in [-0.2, -0.15) is 4.31 Å². The van der Waals surface area contributed by atoms with Crippen molar-refractivity contribution in [2.75, 3.05) is 31.9 Å². The molecule has 2 heterocycles. The Morgan fingerprint density at radius 2 is 1.77 bits per heavy atom. The van der Waals surface area contributed by atoms with Crippen molar-refractivity contribution in [1.29, 1.82) is 0 Å². The molecule has 0 atom stereocenters. The maximum absolute atomic E-state index is 12.6. The van der Waals surface area contributed by atoms with E-state index in [2.05, 4.69) is 0 Å². The van der Waals surface area contributed by atoms with Crippen LogP contribution in [0.2, 0.25) is 0 Å². The Morgan fingerprint density at radius 3 is 2.35 bits per heavy atom. The smallest absolute Gasteiger partial charge is 0.289 e. The molecule has 0 saturated carbocycles. The molecule has 1 fully saturated rings. The number of hydrogen-bond acceptors (Lipinski definition) is 6. The molecular formula is C15H19N3O6S2. The summed E-state index contributed by atoms with van der Waals surface area (Å²) in [7, 11) is -7.12. The molecular weight excluding hydrogens is 382 g/mol. The van der Waals surface area contributed by atoms with Crippen LogP contribution >= 0.6 is 0 Å². The molecule has 0 spiro atoms. The summed E-state index contributed by atoms with van der Waals surface area (Å²) in [4.78, 5) is 14.0. The quantitative estimate of drug-likeness (QED) is 0.778. The molecule has 0 aliphatic carbocycles. The summed E-state index contributed by atoms with van der Waals surface area (Å²) in [5.41, 5.74) is 0.368. The van der Waals surface area contributed by atoms with Crippen LogP contribution in [-0.2, 0) is 20.0 Å². The van der Waals surface area contributed by atoms with E-state index >= 15 is 0 Å². The Morgan fingerprint density at radius 1 is 1.12 bits per heavy atom. The lowest BCUT2D eigenvalue weighted by Crippen LogP contribution is -2.50. The van der Waals surface area contributed by atoms with E-state index in [1.165, 1.54) is 33.5 Å². The monoisotopic (exact) mass is 401 g/mol. The fourth-order valence-corrected chi connectivity index (χ4v) is 4.45. The van der Waals surface area contributed by atoms with Crippen LogP contribution in [0.4, 0.5) is 0 Å². The van der Waals surface area contributed by atoms with Gasteiger partial charge in [0, 0.05) is 31.6 Å². The number of amides is 1. The Bertz CT molecular complexity index is 1050. The molecule has 1 aromatic heterocycles. The number of carbonyl (C=O) groups excluding carboxylic acids is 1. The molecule has 2 N–H and O–H groups in total. The molecule has 1 saturated heterocycles. The predicted molar refractivity (Wildman–Crippen MR) is 94.5 cm³/mol. The zero-order chi connectivity index (χ0) is 19.1. The molecule has 1 aliphatic heterocycles.